The first-order valence-corrected chi connectivity index (χ1v) is 12.8. The van der Waals surface area contributed by atoms with Crippen molar-refractivity contribution in [1.29, 1.82) is 0 Å². The molecule has 4 aromatic carbocycles. The quantitative estimate of drug-likeness (QED) is 0.245. The zero-order chi connectivity index (χ0) is 26.2. The molecule has 0 spiro atoms. The standard InChI is InChI=1S/C34H23N5/c1-22-37-33(27-12-6-10-25(20-27)31-29-14-4-2-8-23(29)16-18-35-31)39-34(38-22)28-13-7-11-26(21-28)32-30-15-5-3-9-24(30)17-19-36-32/h2-21H,1H3. The monoisotopic (exact) mass is 501 g/mol. The van der Waals surface area contributed by atoms with Crippen molar-refractivity contribution in [3.63, 3.8) is 0 Å². The van der Waals surface area contributed by atoms with Crippen LogP contribution in [0.2, 0.25) is 0 Å². The van der Waals surface area contributed by atoms with E-state index < -0.39 is 0 Å². The number of benzene rings is 4. The van der Waals surface area contributed by atoms with Crippen molar-refractivity contribution in [2.24, 2.45) is 0 Å². The van der Waals surface area contributed by atoms with Crippen LogP contribution in [0, 0.1) is 6.92 Å². The van der Waals surface area contributed by atoms with Crippen LogP contribution in [0.15, 0.2) is 122 Å². The third kappa shape index (κ3) is 4.30. The molecule has 0 unspecified atom stereocenters. The first-order valence-electron chi connectivity index (χ1n) is 12.8. The Morgan fingerprint density at radius 3 is 1.41 bits per heavy atom. The van der Waals surface area contributed by atoms with E-state index in [1.807, 2.05) is 80.0 Å². The number of rotatable bonds is 4. The maximum absolute atomic E-state index is 4.91. The van der Waals surface area contributed by atoms with Crippen LogP contribution in [0.5, 0.6) is 0 Å². The molecule has 0 aliphatic carbocycles. The second-order valence-electron chi connectivity index (χ2n) is 9.45. The van der Waals surface area contributed by atoms with Gasteiger partial charge < -0.3 is 0 Å². The predicted octanol–water partition coefficient (Wildman–Crippen LogP) is 7.94. The van der Waals surface area contributed by atoms with E-state index in [1.54, 1.807) is 0 Å². The van der Waals surface area contributed by atoms with Gasteiger partial charge in [0.05, 0.1) is 11.4 Å². The molecule has 0 saturated carbocycles. The molecule has 0 atom stereocenters. The molecule has 0 fully saturated rings. The van der Waals surface area contributed by atoms with Crippen LogP contribution in [0.25, 0.3) is 66.8 Å². The molecule has 5 nitrogen and oxygen atoms in total. The molecule has 0 saturated heterocycles. The van der Waals surface area contributed by atoms with E-state index in [-0.39, 0.29) is 0 Å². The smallest absolute Gasteiger partial charge is 0.163 e. The van der Waals surface area contributed by atoms with E-state index >= 15 is 0 Å². The Bertz CT molecular complexity index is 1850. The molecule has 184 valence electrons. The van der Waals surface area contributed by atoms with Gasteiger partial charge in [0.2, 0.25) is 0 Å². The summed E-state index contributed by atoms with van der Waals surface area (Å²) >= 11 is 0. The highest BCUT2D eigenvalue weighted by Gasteiger charge is 2.13. The fourth-order valence-corrected chi connectivity index (χ4v) is 5.05. The minimum atomic E-state index is 0.633. The third-order valence-corrected chi connectivity index (χ3v) is 6.88. The largest absolute Gasteiger partial charge is 0.256 e. The summed E-state index contributed by atoms with van der Waals surface area (Å²) in [7, 11) is 0. The molecule has 0 aliphatic rings. The number of aromatic nitrogens is 5. The van der Waals surface area contributed by atoms with Crippen molar-refractivity contribution >= 4 is 21.5 Å². The molecule has 0 aliphatic heterocycles. The van der Waals surface area contributed by atoms with E-state index in [4.69, 9.17) is 24.9 Å². The number of hydrogen-bond acceptors (Lipinski definition) is 5. The van der Waals surface area contributed by atoms with Crippen LogP contribution in [0.3, 0.4) is 0 Å². The number of fused-ring (bicyclic) bond motifs is 2. The molecule has 5 heteroatoms. The van der Waals surface area contributed by atoms with Gasteiger partial charge in [-0.3, -0.25) is 9.97 Å². The molecule has 0 bridgehead atoms. The summed E-state index contributed by atoms with van der Waals surface area (Å²) in [6.07, 6.45) is 3.71. The van der Waals surface area contributed by atoms with Crippen LogP contribution < -0.4 is 0 Å². The lowest BCUT2D eigenvalue weighted by atomic mass is 10.0. The number of nitrogens with zero attached hydrogens (tertiary/aromatic N) is 5. The maximum Gasteiger partial charge on any atom is 0.163 e. The third-order valence-electron chi connectivity index (χ3n) is 6.88. The molecule has 0 radical (unpaired) electrons. The van der Waals surface area contributed by atoms with Crippen molar-refractivity contribution in [3.8, 4) is 45.3 Å². The molecule has 39 heavy (non-hydrogen) atoms. The van der Waals surface area contributed by atoms with Crippen LogP contribution in [0.4, 0.5) is 0 Å². The van der Waals surface area contributed by atoms with Gasteiger partial charge in [0, 0.05) is 45.4 Å². The van der Waals surface area contributed by atoms with Crippen molar-refractivity contribution < 1.29 is 0 Å². The van der Waals surface area contributed by atoms with Gasteiger partial charge in [0.1, 0.15) is 5.82 Å². The average molecular weight is 502 g/mol. The second-order valence-corrected chi connectivity index (χ2v) is 9.45. The summed E-state index contributed by atoms with van der Waals surface area (Å²) in [6, 6.07) is 37.1. The van der Waals surface area contributed by atoms with Crippen LogP contribution >= 0.6 is 0 Å². The van der Waals surface area contributed by atoms with Crippen LogP contribution in [-0.4, -0.2) is 24.9 Å². The number of pyridine rings is 2. The molecule has 0 N–H and O–H groups in total. The number of hydrogen-bond donors (Lipinski definition) is 0. The van der Waals surface area contributed by atoms with Crippen molar-refractivity contribution in [1.82, 2.24) is 24.9 Å². The van der Waals surface area contributed by atoms with E-state index in [0.717, 1.165) is 55.2 Å². The Morgan fingerprint density at radius 2 is 0.897 bits per heavy atom. The molecule has 7 rings (SSSR count). The SMILES string of the molecule is Cc1nc(-c2cccc(-c3nccc4ccccc34)c2)nc(-c2cccc(-c3nccc4ccccc34)c2)n1. The highest BCUT2D eigenvalue weighted by molar-refractivity contribution is 5.96. The molecule has 3 heterocycles. The highest BCUT2D eigenvalue weighted by Crippen LogP contribution is 2.31. The first-order chi connectivity index (χ1) is 19.2. The fraction of sp³-hybridized carbons (Fsp3) is 0.0294. The minimum absolute atomic E-state index is 0.633. The lowest BCUT2D eigenvalue weighted by Crippen LogP contribution is -2.00. The van der Waals surface area contributed by atoms with Gasteiger partial charge in [-0.05, 0) is 42.0 Å². The fourth-order valence-electron chi connectivity index (χ4n) is 5.05. The lowest BCUT2D eigenvalue weighted by molar-refractivity contribution is 0.992. The average Bonchev–Trinajstić information content (AvgIpc) is 3.00. The molecule has 3 aromatic heterocycles. The Hall–Kier alpha value is -5.29. The molecular formula is C34H23N5. The van der Waals surface area contributed by atoms with Crippen molar-refractivity contribution in [2.75, 3.05) is 0 Å². The second kappa shape index (κ2) is 9.54. The van der Waals surface area contributed by atoms with Crippen LogP contribution in [0.1, 0.15) is 5.82 Å². The van der Waals surface area contributed by atoms with Gasteiger partial charge in [-0.2, -0.15) is 0 Å². The Kier molecular flexibility index (Phi) is 5.60. The van der Waals surface area contributed by atoms with Crippen molar-refractivity contribution in [3.05, 3.63) is 127 Å². The predicted molar refractivity (Wildman–Crippen MR) is 157 cm³/mol. The van der Waals surface area contributed by atoms with E-state index in [0.29, 0.717) is 17.5 Å². The Morgan fingerprint density at radius 1 is 0.436 bits per heavy atom. The number of aryl methyl sites for hydroxylation is 1. The highest BCUT2D eigenvalue weighted by atomic mass is 15.0. The topological polar surface area (TPSA) is 64.5 Å². The van der Waals surface area contributed by atoms with Crippen molar-refractivity contribution in [2.45, 2.75) is 6.92 Å². The zero-order valence-electron chi connectivity index (χ0n) is 21.3. The minimum Gasteiger partial charge on any atom is -0.256 e. The summed E-state index contributed by atoms with van der Waals surface area (Å²) < 4.78 is 0. The Labute approximate surface area is 225 Å². The lowest BCUT2D eigenvalue weighted by Gasteiger charge is -2.10. The van der Waals surface area contributed by atoms with Gasteiger partial charge in [-0.1, -0.05) is 84.9 Å². The van der Waals surface area contributed by atoms with Gasteiger partial charge in [0.15, 0.2) is 11.6 Å². The van der Waals surface area contributed by atoms with E-state index in [2.05, 4.69) is 48.5 Å². The first kappa shape index (κ1) is 22.9. The molecule has 7 aromatic rings. The summed E-state index contributed by atoms with van der Waals surface area (Å²) in [5.74, 6) is 1.93. The Balaban J connectivity index is 1.31. The summed E-state index contributed by atoms with van der Waals surface area (Å²) in [5, 5.41) is 4.55. The van der Waals surface area contributed by atoms with E-state index in [1.165, 1.54) is 0 Å². The molecular weight excluding hydrogens is 478 g/mol. The summed E-state index contributed by atoms with van der Waals surface area (Å²) in [6.45, 7) is 1.90. The normalized spacial score (nSPS) is 11.2. The van der Waals surface area contributed by atoms with Gasteiger partial charge >= 0.3 is 0 Å². The van der Waals surface area contributed by atoms with Gasteiger partial charge in [-0.15, -0.1) is 0 Å². The maximum atomic E-state index is 4.91. The van der Waals surface area contributed by atoms with E-state index in [9.17, 15) is 0 Å². The zero-order valence-corrected chi connectivity index (χ0v) is 21.3. The van der Waals surface area contributed by atoms with Gasteiger partial charge in [-0.25, -0.2) is 15.0 Å². The van der Waals surface area contributed by atoms with Gasteiger partial charge in [0.25, 0.3) is 0 Å². The summed E-state index contributed by atoms with van der Waals surface area (Å²) in [4.78, 5) is 23.7. The molecule has 0 amide bonds. The summed E-state index contributed by atoms with van der Waals surface area (Å²) in [5.41, 5.74) is 5.76. The van der Waals surface area contributed by atoms with Crippen LogP contribution in [-0.2, 0) is 0 Å².